The Morgan fingerprint density at radius 2 is 1.92 bits per heavy atom. The van der Waals surface area contributed by atoms with Gasteiger partial charge in [0, 0.05) is 10.7 Å². The van der Waals surface area contributed by atoms with Crippen LogP contribution in [0.1, 0.15) is 29.7 Å². The minimum atomic E-state index is -0.0849. The van der Waals surface area contributed by atoms with E-state index in [2.05, 4.69) is 52.7 Å². The van der Waals surface area contributed by atoms with E-state index in [0.717, 1.165) is 34.2 Å². The van der Waals surface area contributed by atoms with E-state index in [1.807, 2.05) is 28.9 Å². The number of fused-ring (bicyclic) bond motifs is 1. The topological polar surface area (TPSA) is 42.7 Å². The molecule has 0 aliphatic carbocycles. The Hall–Kier alpha value is -2.59. The van der Waals surface area contributed by atoms with E-state index in [-0.39, 0.29) is 6.04 Å². The van der Waals surface area contributed by atoms with Gasteiger partial charge in [0.15, 0.2) is 0 Å². The van der Waals surface area contributed by atoms with E-state index in [9.17, 15) is 0 Å². The summed E-state index contributed by atoms with van der Waals surface area (Å²) in [5.74, 6) is 0.719. The van der Waals surface area contributed by atoms with Crippen LogP contribution in [0.15, 0.2) is 60.9 Å². The maximum absolute atomic E-state index is 6.41. The maximum Gasteiger partial charge on any atom is 0.226 e. The summed E-state index contributed by atoms with van der Waals surface area (Å²) in [6, 6.07) is 16.3. The van der Waals surface area contributed by atoms with Crippen LogP contribution in [-0.4, -0.2) is 14.8 Å². The van der Waals surface area contributed by atoms with E-state index in [4.69, 9.17) is 11.6 Å². The third kappa shape index (κ3) is 2.59. The molecule has 3 aromatic rings. The molecule has 120 valence electrons. The van der Waals surface area contributed by atoms with Crippen LogP contribution in [-0.2, 0) is 6.42 Å². The average Bonchev–Trinajstić information content (AvgIpc) is 3.10. The van der Waals surface area contributed by atoms with E-state index < -0.39 is 0 Å². The zero-order valence-corrected chi connectivity index (χ0v) is 14.0. The molecule has 1 atom stereocenters. The fourth-order valence-corrected chi connectivity index (χ4v) is 3.21. The van der Waals surface area contributed by atoms with Crippen LogP contribution in [0.25, 0.3) is 5.70 Å². The second-order valence-electron chi connectivity index (χ2n) is 5.75. The summed E-state index contributed by atoms with van der Waals surface area (Å²) >= 11 is 6.41. The lowest BCUT2D eigenvalue weighted by Gasteiger charge is -2.25. The van der Waals surface area contributed by atoms with Gasteiger partial charge in [0.05, 0.1) is 0 Å². The van der Waals surface area contributed by atoms with Crippen LogP contribution >= 0.6 is 11.6 Å². The molecule has 1 aliphatic heterocycles. The number of halogens is 1. The minimum absolute atomic E-state index is 0.0849. The lowest BCUT2D eigenvalue weighted by atomic mass is 10.0. The molecule has 0 amide bonds. The molecule has 1 N–H and O–H groups in total. The summed E-state index contributed by atoms with van der Waals surface area (Å²) in [4.78, 5) is 4.33. The van der Waals surface area contributed by atoms with Gasteiger partial charge in [0.2, 0.25) is 5.95 Å². The Morgan fingerprint density at radius 1 is 1.12 bits per heavy atom. The largest absolute Gasteiger partial charge is 0.324 e. The molecule has 0 radical (unpaired) electrons. The van der Waals surface area contributed by atoms with Crippen molar-refractivity contribution in [2.24, 2.45) is 0 Å². The van der Waals surface area contributed by atoms with Crippen molar-refractivity contribution in [3.8, 4) is 0 Å². The van der Waals surface area contributed by atoms with Crippen molar-refractivity contribution in [2.45, 2.75) is 19.4 Å². The zero-order chi connectivity index (χ0) is 16.5. The number of anilines is 1. The molecular weight excluding hydrogens is 320 g/mol. The second-order valence-corrected chi connectivity index (χ2v) is 6.16. The summed E-state index contributed by atoms with van der Waals surface area (Å²) in [7, 11) is 0. The van der Waals surface area contributed by atoms with E-state index in [1.165, 1.54) is 5.56 Å². The first kappa shape index (κ1) is 15.0. The summed E-state index contributed by atoms with van der Waals surface area (Å²) in [5, 5.41) is 8.43. The molecule has 0 saturated heterocycles. The predicted octanol–water partition coefficient (Wildman–Crippen LogP) is 4.55. The monoisotopic (exact) mass is 336 g/mol. The quantitative estimate of drug-likeness (QED) is 0.763. The van der Waals surface area contributed by atoms with Gasteiger partial charge in [-0.2, -0.15) is 10.1 Å². The zero-order valence-electron chi connectivity index (χ0n) is 13.3. The predicted molar refractivity (Wildman–Crippen MR) is 97.0 cm³/mol. The van der Waals surface area contributed by atoms with E-state index >= 15 is 0 Å². The first-order chi connectivity index (χ1) is 11.8. The van der Waals surface area contributed by atoms with Crippen LogP contribution in [0, 0.1) is 0 Å². The van der Waals surface area contributed by atoms with Gasteiger partial charge in [0.1, 0.15) is 12.4 Å². The Labute approximate surface area is 145 Å². The summed E-state index contributed by atoms with van der Waals surface area (Å²) < 4.78 is 1.85. The van der Waals surface area contributed by atoms with Gasteiger partial charge in [-0.25, -0.2) is 4.68 Å². The first-order valence-corrected chi connectivity index (χ1v) is 8.36. The number of nitrogens with one attached hydrogen (secondary N) is 1. The van der Waals surface area contributed by atoms with Crippen LogP contribution in [0.5, 0.6) is 0 Å². The fourth-order valence-electron chi connectivity index (χ4n) is 2.96. The number of allylic oxidation sites excluding steroid dienone is 1. The normalized spacial score (nSPS) is 16.2. The highest BCUT2D eigenvalue weighted by atomic mass is 35.5. The number of rotatable bonds is 3. The fraction of sp³-hybridized carbons (Fsp3) is 0.158. The molecule has 0 spiro atoms. The van der Waals surface area contributed by atoms with Gasteiger partial charge in [-0.05, 0) is 35.3 Å². The molecule has 5 heteroatoms. The standard InChI is InChI=1S/C19H17ClN4/c1-2-13-7-9-14(10-8-13)17-11-18(15-5-3-4-6-16(15)20)24-19(23-17)21-12-22-24/h3-12,18H,2H2,1H3,(H,21,22,23)/t18-/m0/s1. The Morgan fingerprint density at radius 3 is 2.67 bits per heavy atom. The number of benzene rings is 2. The van der Waals surface area contributed by atoms with Crippen molar-refractivity contribution in [3.05, 3.63) is 82.6 Å². The molecular formula is C19H17ClN4. The number of aryl methyl sites for hydroxylation is 1. The van der Waals surface area contributed by atoms with Gasteiger partial charge in [-0.3, -0.25) is 0 Å². The number of nitrogens with zero attached hydrogens (tertiary/aromatic N) is 3. The summed E-state index contributed by atoms with van der Waals surface area (Å²) in [6.07, 6.45) is 4.73. The van der Waals surface area contributed by atoms with E-state index in [0.29, 0.717) is 0 Å². The SMILES string of the molecule is CCc1ccc(C2=C[C@@H](c3ccccc3Cl)n3ncnc3N2)cc1. The third-order valence-corrected chi connectivity index (χ3v) is 4.65. The van der Waals surface area contributed by atoms with Crippen molar-refractivity contribution in [1.29, 1.82) is 0 Å². The Bertz CT molecular complexity index is 896. The highest BCUT2D eigenvalue weighted by Crippen LogP contribution is 2.34. The van der Waals surface area contributed by atoms with Crippen molar-refractivity contribution in [1.82, 2.24) is 14.8 Å². The molecule has 4 rings (SSSR count). The van der Waals surface area contributed by atoms with Crippen LogP contribution in [0.2, 0.25) is 5.02 Å². The van der Waals surface area contributed by atoms with Gasteiger partial charge >= 0.3 is 0 Å². The Kier molecular flexibility index (Phi) is 3.82. The summed E-state index contributed by atoms with van der Waals surface area (Å²) in [6.45, 7) is 2.16. The molecule has 2 aromatic carbocycles. The van der Waals surface area contributed by atoms with Crippen LogP contribution in [0.4, 0.5) is 5.95 Å². The number of aromatic nitrogens is 3. The van der Waals surface area contributed by atoms with Gasteiger partial charge in [-0.1, -0.05) is 61.0 Å². The Balaban J connectivity index is 1.80. The highest BCUT2D eigenvalue weighted by molar-refractivity contribution is 6.31. The number of hydrogen-bond donors (Lipinski definition) is 1. The van der Waals surface area contributed by atoms with Gasteiger partial charge in [0.25, 0.3) is 0 Å². The molecule has 0 fully saturated rings. The smallest absolute Gasteiger partial charge is 0.226 e. The molecule has 4 nitrogen and oxygen atoms in total. The van der Waals surface area contributed by atoms with Crippen LogP contribution in [0.3, 0.4) is 0 Å². The van der Waals surface area contributed by atoms with Crippen molar-refractivity contribution < 1.29 is 0 Å². The lowest BCUT2D eigenvalue weighted by Crippen LogP contribution is -2.20. The highest BCUT2D eigenvalue weighted by Gasteiger charge is 2.24. The molecule has 1 aromatic heterocycles. The third-order valence-electron chi connectivity index (χ3n) is 4.30. The van der Waals surface area contributed by atoms with Gasteiger partial charge in [-0.15, -0.1) is 0 Å². The maximum atomic E-state index is 6.41. The molecule has 24 heavy (non-hydrogen) atoms. The number of hydrogen-bond acceptors (Lipinski definition) is 3. The lowest BCUT2D eigenvalue weighted by molar-refractivity contribution is 0.612. The molecule has 0 unspecified atom stereocenters. The molecule has 1 aliphatic rings. The average molecular weight is 337 g/mol. The first-order valence-electron chi connectivity index (χ1n) is 7.98. The summed E-state index contributed by atoms with van der Waals surface area (Å²) in [5.41, 5.74) is 4.47. The minimum Gasteiger partial charge on any atom is -0.324 e. The molecule has 2 heterocycles. The van der Waals surface area contributed by atoms with Crippen LogP contribution < -0.4 is 5.32 Å². The van der Waals surface area contributed by atoms with Crippen molar-refractivity contribution in [2.75, 3.05) is 5.32 Å². The van der Waals surface area contributed by atoms with Crippen molar-refractivity contribution in [3.63, 3.8) is 0 Å². The molecule has 0 bridgehead atoms. The van der Waals surface area contributed by atoms with E-state index in [1.54, 1.807) is 6.33 Å². The second kappa shape index (κ2) is 6.13. The molecule has 0 saturated carbocycles. The van der Waals surface area contributed by atoms with Crippen molar-refractivity contribution >= 4 is 23.2 Å². The van der Waals surface area contributed by atoms with Gasteiger partial charge < -0.3 is 5.32 Å².